The standard InChI is InChI=1S/C36H47N5O4Si/c1-26-11-15-39(36(43)45-24-28-9-7-6-8-10-28)23-33(26)41-22-32(29-12-16-38(17-13-29)27(2)42)31-21-37-35-30(34(31)41)14-18-40(35)25-44-19-20-46(3,4)5/h6-10,12,14,18,21-22,26,33H,11,13,15-17,19-20,23-25H2,1-5H3/t26-,33+/m1/s1. The number of carbonyl (C=O) groups is 2. The Morgan fingerprint density at radius 1 is 1.04 bits per heavy atom. The maximum atomic E-state index is 13.3. The molecule has 244 valence electrons. The van der Waals surface area contributed by atoms with Crippen molar-refractivity contribution in [1.29, 1.82) is 0 Å². The van der Waals surface area contributed by atoms with E-state index in [0.29, 0.717) is 38.8 Å². The van der Waals surface area contributed by atoms with Crippen molar-refractivity contribution in [1.82, 2.24) is 23.9 Å². The van der Waals surface area contributed by atoms with Gasteiger partial charge in [-0.05, 0) is 42.0 Å². The summed E-state index contributed by atoms with van der Waals surface area (Å²) in [5.41, 5.74) is 5.40. The lowest BCUT2D eigenvalue weighted by Crippen LogP contribution is -2.44. The van der Waals surface area contributed by atoms with E-state index in [1.807, 2.05) is 46.3 Å². The van der Waals surface area contributed by atoms with Crippen LogP contribution in [0, 0.1) is 5.92 Å². The molecule has 0 aliphatic carbocycles. The number of likely N-dealkylation sites (tertiary alicyclic amines) is 1. The van der Waals surface area contributed by atoms with Crippen LogP contribution in [0.25, 0.3) is 27.5 Å². The highest BCUT2D eigenvalue weighted by atomic mass is 28.3. The number of nitrogens with zero attached hydrogens (tertiary/aromatic N) is 5. The number of fused-ring (bicyclic) bond motifs is 3. The van der Waals surface area contributed by atoms with Crippen molar-refractivity contribution >= 4 is 47.6 Å². The maximum Gasteiger partial charge on any atom is 0.410 e. The van der Waals surface area contributed by atoms with Gasteiger partial charge in [0.2, 0.25) is 5.91 Å². The molecule has 1 aromatic carbocycles. The third kappa shape index (κ3) is 6.93. The average molecular weight is 642 g/mol. The highest BCUT2D eigenvalue weighted by Crippen LogP contribution is 2.39. The normalized spacial score (nSPS) is 19.1. The van der Waals surface area contributed by atoms with Crippen LogP contribution in [0.3, 0.4) is 0 Å². The topological polar surface area (TPSA) is 81.8 Å². The van der Waals surface area contributed by atoms with Crippen molar-refractivity contribution in [3.63, 3.8) is 0 Å². The van der Waals surface area contributed by atoms with Crippen molar-refractivity contribution in [2.24, 2.45) is 5.92 Å². The number of pyridine rings is 1. The second-order valence-electron chi connectivity index (χ2n) is 14.1. The largest absolute Gasteiger partial charge is 0.445 e. The van der Waals surface area contributed by atoms with E-state index >= 15 is 0 Å². The number of hydrogen-bond acceptors (Lipinski definition) is 5. The van der Waals surface area contributed by atoms with E-state index in [-0.39, 0.29) is 24.6 Å². The summed E-state index contributed by atoms with van der Waals surface area (Å²) in [4.78, 5) is 34.0. The molecule has 2 aliphatic rings. The SMILES string of the molecule is CC(=O)N1CC=C(c2cn([C@H]3CN(C(=O)OCc4ccccc4)CC[C@H]3C)c3c2cnc2c3ccn2COCC[Si](C)(C)C)CC1. The summed E-state index contributed by atoms with van der Waals surface area (Å²) in [7, 11) is -1.18. The maximum absolute atomic E-state index is 13.3. The van der Waals surface area contributed by atoms with E-state index in [2.05, 4.69) is 60.2 Å². The summed E-state index contributed by atoms with van der Waals surface area (Å²) < 4.78 is 16.4. The van der Waals surface area contributed by atoms with Crippen molar-refractivity contribution in [2.45, 2.75) is 71.8 Å². The molecule has 4 aromatic rings. The van der Waals surface area contributed by atoms with E-state index in [9.17, 15) is 9.59 Å². The Kier molecular flexibility index (Phi) is 9.38. The first-order chi connectivity index (χ1) is 22.1. The fraction of sp³-hybridized carbons (Fsp3) is 0.472. The number of rotatable bonds is 9. The molecule has 9 nitrogen and oxygen atoms in total. The highest BCUT2D eigenvalue weighted by Gasteiger charge is 2.33. The molecule has 0 bridgehead atoms. The predicted molar refractivity (Wildman–Crippen MR) is 185 cm³/mol. The van der Waals surface area contributed by atoms with Gasteiger partial charge in [0.1, 0.15) is 19.0 Å². The lowest BCUT2D eigenvalue weighted by Gasteiger charge is -2.37. The van der Waals surface area contributed by atoms with Gasteiger partial charge < -0.3 is 28.4 Å². The Balaban J connectivity index is 1.33. The van der Waals surface area contributed by atoms with E-state index in [4.69, 9.17) is 14.5 Å². The van der Waals surface area contributed by atoms with Crippen LogP contribution in [0.2, 0.25) is 25.7 Å². The van der Waals surface area contributed by atoms with Crippen LogP contribution in [-0.4, -0.2) is 76.8 Å². The first-order valence-electron chi connectivity index (χ1n) is 16.6. The van der Waals surface area contributed by atoms with Crippen molar-refractivity contribution in [3.8, 4) is 0 Å². The molecule has 0 unspecified atom stereocenters. The first-order valence-corrected chi connectivity index (χ1v) is 20.3. The fourth-order valence-corrected chi connectivity index (χ4v) is 7.38. The Bertz CT molecular complexity index is 1740. The smallest absolute Gasteiger partial charge is 0.410 e. The Morgan fingerprint density at radius 3 is 2.57 bits per heavy atom. The third-order valence-electron chi connectivity index (χ3n) is 9.54. The van der Waals surface area contributed by atoms with Crippen LogP contribution < -0.4 is 0 Å². The molecule has 0 saturated carbocycles. The minimum atomic E-state index is -1.18. The number of amides is 2. The number of aromatic nitrogens is 3. The number of benzene rings is 1. The van der Waals surface area contributed by atoms with Crippen LogP contribution in [0.1, 0.15) is 43.9 Å². The average Bonchev–Trinajstić information content (AvgIpc) is 3.64. The molecule has 3 aromatic heterocycles. The van der Waals surface area contributed by atoms with Crippen molar-refractivity contribution in [3.05, 3.63) is 72.2 Å². The molecule has 5 heterocycles. The molecule has 2 amide bonds. The summed E-state index contributed by atoms with van der Waals surface area (Å²) in [6.07, 6.45) is 9.93. The van der Waals surface area contributed by atoms with Gasteiger partial charge in [0.05, 0.1) is 11.6 Å². The molecule has 1 fully saturated rings. The summed E-state index contributed by atoms with van der Waals surface area (Å²) in [6.45, 7) is 15.0. The lowest BCUT2D eigenvalue weighted by molar-refractivity contribution is -0.128. The molecule has 10 heteroatoms. The molecule has 2 aliphatic heterocycles. The zero-order valence-corrected chi connectivity index (χ0v) is 28.9. The van der Waals surface area contributed by atoms with Gasteiger partial charge in [-0.1, -0.05) is 63.0 Å². The summed E-state index contributed by atoms with van der Waals surface area (Å²) in [5.74, 6) is 0.454. The minimum Gasteiger partial charge on any atom is -0.445 e. The highest BCUT2D eigenvalue weighted by molar-refractivity contribution is 6.76. The zero-order chi connectivity index (χ0) is 32.4. The van der Waals surface area contributed by atoms with Gasteiger partial charge in [0, 0.05) is 82.7 Å². The molecular formula is C36H47N5O4Si. The molecule has 0 N–H and O–H groups in total. The van der Waals surface area contributed by atoms with Crippen LogP contribution in [0.15, 0.2) is 61.1 Å². The van der Waals surface area contributed by atoms with Gasteiger partial charge in [0.15, 0.2) is 0 Å². The van der Waals surface area contributed by atoms with E-state index < -0.39 is 8.07 Å². The number of hydrogen-bond donors (Lipinski definition) is 0. The van der Waals surface area contributed by atoms with Gasteiger partial charge in [-0.25, -0.2) is 9.78 Å². The molecule has 1 saturated heterocycles. The first kappa shape index (κ1) is 32.1. The van der Waals surface area contributed by atoms with E-state index in [1.165, 1.54) is 5.57 Å². The van der Waals surface area contributed by atoms with Gasteiger partial charge >= 0.3 is 6.09 Å². The quantitative estimate of drug-likeness (QED) is 0.143. The van der Waals surface area contributed by atoms with Gasteiger partial charge in [-0.15, -0.1) is 0 Å². The van der Waals surface area contributed by atoms with Crippen LogP contribution in [0.5, 0.6) is 0 Å². The summed E-state index contributed by atoms with van der Waals surface area (Å²) in [6, 6.07) is 13.2. The van der Waals surface area contributed by atoms with Crippen molar-refractivity contribution < 1.29 is 19.1 Å². The second-order valence-corrected chi connectivity index (χ2v) is 19.7. The van der Waals surface area contributed by atoms with E-state index in [0.717, 1.165) is 58.6 Å². The number of ether oxygens (including phenoxy) is 2. The van der Waals surface area contributed by atoms with Crippen LogP contribution in [0.4, 0.5) is 4.79 Å². The molecule has 0 spiro atoms. The summed E-state index contributed by atoms with van der Waals surface area (Å²) in [5, 5.41) is 2.18. The molecular weight excluding hydrogens is 595 g/mol. The Morgan fingerprint density at radius 2 is 1.85 bits per heavy atom. The minimum absolute atomic E-state index is 0.0640. The monoisotopic (exact) mass is 641 g/mol. The van der Waals surface area contributed by atoms with Crippen molar-refractivity contribution in [2.75, 3.05) is 32.8 Å². The van der Waals surface area contributed by atoms with Crippen LogP contribution in [-0.2, 0) is 27.6 Å². The molecule has 6 rings (SSSR count). The Hall–Kier alpha value is -3.89. The number of carbonyl (C=O) groups excluding carboxylic acids is 2. The van der Waals surface area contributed by atoms with E-state index in [1.54, 1.807) is 6.92 Å². The third-order valence-corrected chi connectivity index (χ3v) is 11.2. The summed E-state index contributed by atoms with van der Waals surface area (Å²) >= 11 is 0. The molecule has 0 radical (unpaired) electrons. The Labute approximate surface area is 272 Å². The van der Waals surface area contributed by atoms with Gasteiger partial charge in [-0.3, -0.25) is 4.79 Å². The van der Waals surface area contributed by atoms with Gasteiger partial charge in [0.25, 0.3) is 0 Å². The predicted octanol–water partition coefficient (Wildman–Crippen LogP) is 7.16. The van der Waals surface area contributed by atoms with Gasteiger partial charge in [-0.2, -0.15) is 0 Å². The second kappa shape index (κ2) is 13.5. The fourth-order valence-electron chi connectivity index (χ4n) is 6.62. The van der Waals surface area contributed by atoms with Crippen LogP contribution >= 0.6 is 0 Å². The molecule has 2 atom stereocenters. The number of piperidine rings is 1. The zero-order valence-electron chi connectivity index (χ0n) is 27.9. The molecule has 46 heavy (non-hydrogen) atoms. The lowest BCUT2D eigenvalue weighted by atomic mass is 9.93.